The number of hydrogen-bond donors (Lipinski definition) is 1. The third kappa shape index (κ3) is 4.39. The molecule has 1 aliphatic rings. The Balaban J connectivity index is 0.00000200. The van der Waals surface area contributed by atoms with Crippen LogP contribution in [0.15, 0.2) is 24.3 Å². The molecule has 0 spiro atoms. The van der Waals surface area contributed by atoms with Crippen LogP contribution in [0.25, 0.3) is 0 Å². The van der Waals surface area contributed by atoms with Crippen molar-refractivity contribution in [1.82, 2.24) is 10.2 Å². The molecule has 1 heterocycles. The standard InChI is InChI=1S/C15H22N2O2.ClH/c1-12(13-4-3-5-14(11-13)19-2)10-15(18)17-8-6-16-7-9-17;/h3-5,11-12,16H,6-10H2,1-2H3;1H. The number of benzene rings is 1. The zero-order valence-electron chi connectivity index (χ0n) is 12.1. The summed E-state index contributed by atoms with van der Waals surface area (Å²) in [5.74, 6) is 1.31. The molecule has 5 heteroatoms. The fourth-order valence-electron chi connectivity index (χ4n) is 2.37. The van der Waals surface area contributed by atoms with Gasteiger partial charge in [0.2, 0.25) is 5.91 Å². The van der Waals surface area contributed by atoms with Gasteiger partial charge in [0.1, 0.15) is 5.75 Å². The molecule has 1 aliphatic heterocycles. The second kappa shape index (κ2) is 8.12. The van der Waals surface area contributed by atoms with Gasteiger partial charge in [-0.1, -0.05) is 19.1 Å². The number of ether oxygens (including phenoxy) is 1. The SMILES string of the molecule is COc1cccc(C(C)CC(=O)N2CCNCC2)c1.Cl. The lowest BCUT2D eigenvalue weighted by molar-refractivity contribution is -0.132. The molecule has 0 bridgehead atoms. The van der Waals surface area contributed by atoms with E-state index in [1.165, 1.54) is 0 Å². The van der Waals surface area contributed by atoms with Crippen LogP contribution in [-0.2, 0) is 4.79 Å². The molecule has 112 valence electrons. The van der Waals surface area contributed by atoms with Gasteiger partial charge in [0.15, 0.2) is 0 Å². The van der Waals surface area contributed by atoms with Crippen LogP contribution in [-0.4, -0.2) is 44.1 Å². The van der Waals surface area contributed by atoms with Gasteiger partial charge in [-0.25, -0.2) is 0 Å². The number of piperazine rings is 1. The molecule has 1 aromatic rings. The first-order chi connectivity index (χ1) is 9.20. The largest absolute Gasteiger partial charge is 0.497 e. The van der Waals surface area contributed by atoms with Gasteiger partial charge in [0.25, 0.3) is 0 Å². The Kier molecular flexibility index (Phi) is 6.82. The minimum atomic E-state index is 0. The van der Waals surface area contributed by atoms with Gasteiger partial charge in [-0.15, -0.1) is 12.4 Å². The zero-order chi connectivity index (χ0) is 13.7. The van der Waals surface area contributed by atoms with Crippen LogP contribution in [0.4, 0.5) is 0 Å². The zero-order valence-corrected chi connectivity index (χ0v) is 12.9. The van der Waals surface area contributed by atoms with Crippen LogP contribution in [0, 0.1) is 0 Å². The minimum Gasteiger partial charge on any atom is -0.497 e. The first-order valence-electron chi connectivity index (χ1n) is 6.83. The molecule has 20 heavy (non-hydrogen) atoms. The number of methoxy groups -OCH3 is 1. The van der Waals surface area contributed by atoms with Gasteiger partial charge >= 0.3 is 0 Å². The van der Waals surface area contributed by atoms with Crippen LogP contribution < -0.4 is 10.1 Å². The lowest BCUT2D eigenvalue weighted by atomic mass is 9.97. The van der Waals surface area contributed by atoms with Crippen LogP contribution in [0.1, 0.15) is 24.8 Å². The lowest BCUT2D eigenvalue weighted by Crippen LogP contribution is -2.46. The molecule has 1 N–H and O–H groups in total. The molecule has 0 saturated carbocycles. The Hall–Kier alpha value is -1.26. The molecule has 0 aromatic heterocycles. The van der Waals surface area contributed by atoms with Crippen molar-refractivity contribution >= 4 is 18.3 Å². The van der Waals surface area contributed by atoms with E-state index in [0.29, 0.717) is 6.42 Å². The number of carbonyl (C=O) groups excluding carboxylic acids is 1. The van der Waals surface area contributed by atoms with Crippen LogP contribution in [0.5, 0.6) is 5.75 Å². The first kappa shape index (κ1) is 16.8. The van der Waals surface area contributed by atoms with Crippen molar-refractivity contribution in [2.75, 3.05) is 33.3 Å². The number of amides is 1. The molecule has 0 aliphatic carbocycles. The van der Waals surface area contributed by atoms with E-state index in [1.807, 2.05) is 23.1 Å². The van der Waals surface area contributed by atoms with Crippen molar-refractivity contribution in [3.63, 3.8) is 0 Å². The van der Waals surface area contributed by atoms with E-state index in [-0.39, 0.29) is 24.2 Å². The van der Waals surface area contributed by atoms with Crippen LogP contribution in [0.3, 0.4) is 0 Å². The second-order valence-corrected chi connectivity index (χ2v) is 5.01. The van der Waals surface area contributed by atoms with E-state index in [1.54, 1.807) is 7.11 Å². The van der Waals surface area contributed by atoms with Gasteiger partial charge in [-0.2, -0.15) is 0 Å². The summed E-state index contributed by atoms with van der Waals surface area (Å²) in [5, 5.41) is 3.26. The van der Waals surface area contributed by atoms with Gasteiger partial charge in [0, 0.05) is 32.6 Å². The van der Waals surface area contributed by atoms with Crippen molar-refractivity contribution in [2.24, 2.45) is 0 Å². The molecule has 1 aromatic carbocycles. The summed E-state index contributed by atoms with van der Waals surface area (Å²) in [5.41, 5.74) is 1.16. The Morgan fingerprint density at radius 2 is 2.10 bits per heavy atom. The maximum Gasteiger partial charge on any atom is 0.223 e. The van der Waals surface area contributed by atoms with Gasteiger partial charge in [-0.05, 0) is 23.6 Å². The molecular formula is C15H23ClN2O2. The van der Waals surface area contributed by atoms with Crippen molar-refractivity contribution in [2.45, 2.75) is 19.3 Å². The van der Waals surface area contributed by atoms with Gasteiger partial charge < -0.3 is 15.0 Å². The van der Waals surface area contributed by atoms with E-state index in [0.717, 1.165) is 37.5 Å². The Morgan fingerprint density at radius 1 is 1.40 bits per heavy atom. The number of carbonyl (C=O) groups is 1. The van der Waals surface area contributed by atoms with Crippen LogP contribution >= 0.6 is 12.4 Å². The van der Waals surface area contributed by atoms with Crippen molar-refractivity contribution in [3.05, 3.63) is 29.8 Å². The lowest BCUT2D eigenvalue weighted by Gasteiger charge is -2.28. The summed E-state index contributed by atoms with van der Waals surface area (Å²) in [6, 6.07) is 7.96. The Bertz CT molecular complexity index is 434. The van der Waals surface area contributed by atoms with Crippen molar-refractivity contribution in [1.29, 1.82) is 0 Å². The Morgan fingerprint density at radius 3 is 2.75 bits per heavy atom. The molecule has 1 saturated heterocycles. The highest BCUT2D eigenvalue weighted by Crippen LogP contribution is 2.23. The number of nitrogens with one attached hydrogen (secondary N) is 1. The number of rotatable bonds is 4. The van der Waals surface area contributed by atoms with E-state index in [4.69, 9.17) is 4.74 Å². The monoisotopic (exact) mass is 298 g/mol. The highest BCUT2D eigenvalue weighted by molar-refractivity contribution is 5.85. The molecule has 2 rings (SSSR count). The fourth-order valence-corrected chi connectivity index (χ4v) is 2.37. The molecule has 1 fully saturated rings. The average Bonchev–Trinajstić information content (AvgIpc) is 2.48. The molecule has 1 amide bonds. The topological polar surface area (TPSA) is 41.6 Å². The summed E-state index contributed by atoms with van der Waals surface area (Å²) in [4.78, 5) is 14.2. The summed E-state index contributed by atoms with van der Waals surface area (Å²) in [7, 11) is 1.66. The third-order valence-electron chi connectivity index (χ3n) is 3.61. The summed E-state index contributed by atoms with van der Waals surface area (Å²) in [6.07, 6.45) is 0.563. The molecule has 1 unspecified atom stereocenters. The van der Waals surface area contributed by atoms with E-state index in [2.05, 4.69) is 18.3 Å². The maximum atomic E-state index is 12.2. The predicted molar refractivity (Wildman–Crippen MR) is 82.7 cm³/mol. The highest BCUT2D eigenvalue weighted by atomic mass is 35.5. The fraction of sp³-hybridized carbons (Fsp3) is 0.533. The number of hydrogen-bond acceptors (Lipinski definition) is 3. The predicted octanol–water partition coefficient (Wildman–Crippen LogP) is 2.04. The Labute approximate surface area is 126 Å². The minimum absolute atomic E-state index is 0. The second-order valence-electron chi connectivity index (χ2n) is 5.01. The summed E-state index contributed by atoms with van der Waals surface area (Å²) >= 11 is 0. The number of nitrogens with zero attached hydrogens (tertiary/aromatic N) is 1. The van der Waals surface area contributed by atoms with Crippen molar-refractivity contribution in [3.8, 4) is 5.75 Å². The van der Waals surface area contributed by atoms with E-state index >= 15 is 0 Å². The third-order valence-corrected chi connectivity index (χ3v) is 3.61. The molecule has 0 radical (unpaired) electrons. The summed E-state index contributed by atoms with van der Waals surface area (Å²) < 4.78 is 5.22. The summed E-state index contributed by atoms with van der Waals surface area (Å²) in [6.45, 7) is 5.54. The van der Waals surface area contributed by atoms with Crippen LogP contribution in [0.2, 0.25) is 0 Å². The normalized spacial score (nSPS) is 16.2. The first-order valence-corrected chi connectivity index (χ1v) is 6.83. The van der Waals surface area contributed by atoms with Gasteiger partial charge in [-0.3, -0.25) is 4.79 Å². The highest BCUT2D eigenvalue weighted by Gasteiger charge is 2.19. The quantitative estimate of drug-likeness (QED) is 0.925. The van der Waals surface area contributed by atoms with Crippen molar-refractivity contribution < 1.29 is 9.53 Å². The smallest absolute Gasteiger partial charge is 0.223 e. The van der Waals surface area contributed by atoms with E-state index in [9.17, 15) is 4.79 Å². The molecule has 1 atom stereocenters. The van der Waals surface area contributed by atoms with Gasteiger partial charge in [0.05, 0.1) is 7.11 Å². The average molecular weight is 299 g/mol. The maximum absolute atomic E-state index is 12.2. The van der Waals surface area contributed by atoms with E-state index < -0.39 is 0 Å². The molecule has 4 nitrogen and oxygen atoms in total. The number of halogens is 1. The molecular weight excluding hydrogens is 276 g/mol.